The van der Waals surface area contributed by atoms with Gasteiger partial charge in [0.2, 0.25) is 0 Å². The minimum Gasteiger partial charge on any atom is -0.477 e. The molecule has 76 valence electrons. The van der Waals surface area contributed by atoms with Crippen molar-refractivity contribution >= 4 is 5.97 Å². The van der Waals surface area contributed by atoms with Crippen LogP contribution in [-0.2, 0) is 6.54 Å². The van der Waals surface area contributed by atoms with Gasteiger partial charge in [-0.2, -0.15) is 0 Å². The molecule has 0 amide bonds. The first-order valence-electron chi connectivity index (χ1n) is 3.76. The van der Waals surface area contributed by atoms with Crippen molar-refractivity contribution < 1.29 is 18.7 Å². The molecule has 4 nitrogen and oxygen atoms in total. The number of carboxylic acids is 1. The third-order valence-corrected chi connectivity index (χ3v) is 1.70. The second-order valence-electron chi connectivity index (χ2n) is 2.58. The summed E-state index contributed by atoms with van der Waals surface area (Å²) in [5.41, 5.74) is 4.70. The number of hydrogen-bond acceptors (Lipinski definition) is 3. The van der Waals surface area contributed by atoms with Gasteiger partial charge >= 0.3 is 5.97 Å². The maximum absolute atomic E-state index is 12.3. The summed E-state index contributed by atoms with van der Waals surface area (Å²) in [5, 5.41) is 8.54. The van der Waals surface area contributed by atoms with E-state index in [9.17, 15) is 13.6 Å². The Balaban J connectivity index is 3.18. The lowest BCUT2D eigenvalue weighted by molar-refractivity contribution is 0.0689. The van der Waals surface area contributed by atoms with Gasteiger partial charge in [0, 0.05) is 18.3 Å². The molecule has 1 rings (SSSR count). The summed E-state index contributed by atoms with van der Waals surface area (Å²) in [7, 11) is 0. The quantitative estimate of drug-likeness (QED) is 0.771. The van der Waals surface area contributed by atoms with Gasteiger partial charge in [-0.25, -0.2) is 18.6 Å². The zero-order valence-electron chi connectivity index (χ0n) is 7.08. The predicted octanol–water partition coefficient (Wildman–Crippen LogP) is 1.18. The Morgan fingerprint density at radius 1 is 1.64 bits per heavy atom. The summed E-state index contributed by atoms with van der Waals surface area (Å²) in [5.74, 6) is -1.26. The number of carboxylic acid groups (broad SMARTS) is 1. The van der Waals surface area contributed by atoms with E-state index in [1.165, 1.54) is 0 Å². The van der Waals surface area contributed by atoms with Crippen LogP contribution in [0.15, 0.2) is 12.3 Å². The molecule has 0 unspecified atom stereocenters. The summed E-state index contributed by atoms with van der Waals surface area (Å²) < 4.78 is 24.6. The molecule has 0 aliphatic rings. The highest BCUT2D eigenvalue weighted by atomic mass is 19.3. The van der Waals surface area contributed by atoms with E-state index in [2.05, 4.69) is 4.98 Å². The van der Waals surface area contributed by atoms with E-state index in [1.807, 2.05) is 0 Å². The highest BCUT2D eigenvalue weighted by Crippen LogP contribution is 2.22. The van der Waals surface area contributed by atoms with Gasteiger partial charge in [-0.05, 0) is 11.6 Å². The van der Waals surface area contributed by atoms with Crippen molar-refractivity contribution in [1.29, 1.82) is 0 Å². The van der Waals surface area contributed by atoms with Gasteiger partial charge < -0.3 is 10.8 Å². The number of aromatic nitrogens is 1. The van der Waals surface area contributed by atoms with Crippen molar-refractivity contribution in [2.75, 3.05) is 0 Å². The molecule has 14 heavy (non-hydrogen) atoms. The average molecular weight is 202 g/mol. The van der Waals surface area contributed by atoms with E-state index in [-0.39, 0.29) is 23.4 Å². The number of carbonyl (C=O) groups is 1. The van der Waals surface area contributed by atoms with Crippen LogP contribution in [0, 0.1) is 0 Å². The molecule has 0 aliphatic heterocycles. The first-order chi connectivity index (χ1) is 6.56. The highest BCUT2D eigenvalue weighted by Gasteiger charge is 2.15. The third kappa shape index (κ3) is 2.02. The Bertz CT molecular complexity index is 355. The summed E-state index contributed by atoms with van der Waals surface area (Å²) >= 11 is 0. The molecule has 0 aliphatic carbocycles. The SMILES string of the molecule is NCc1cc(C(=O)O)ncc1C(F)F. The van der Waals surface area contributed by atoms with E-state index in [1.54, 1.807) is 0 Å². The van der Waals surface area contributed by atoms with Crippen molar-refractivity contribution in [1.82, 2.24) is 4.98 Å². The first-order valence-corrected chi connectivity index (χ1v) is 3.76. The monoisotopic (exact) mass is 202 g/mol. The first kappa shape index (κ1) is 10.5. The minimum atomic E-state index is -2.69. The van der Waals surface area contributed by atoms with E-state index in [0.29, 0.717) is 0 Å². The molecule has 0 saturated heterocycles. The van der Waals surface area contributed by atoms with Crippen LogP contribution < -0.4 is 5.73 Å². The van der Waals surface area contributed by atoms with E-state index >= 15 is 0 Å². The van der Waals surface area contributed by atoms with Gasteiger partial charge in [0.15, 0.2) is 0 Å². The fourth-order valence-electron chi connectivity index (χ4n) is 0.998. The normalized spacial score (nSPS) is 10.6. The van der Waals surface area contributed by atoms with Crippen LogP contribution in [0.4, 0.5) is 8.78 Å². The molecule has 0 fully saturated rings. The summed E-state index contributed by atoms with van der Waals surface area (Å²) in [6, 6.07) is 1.06. The highest BCUT2D eigenvalue weighted by molar-refractivity contribution is 5.85. The molecule has 1 aromatic heterocycles. The zero-order chi connectivity index (χ0) is 10.7. The lowest BCUT2D eigenvalue weighted by Crippen LogP contribution is -2.07. The number of aromatic carboxylic acids is 1. The molecule has 0 spiro atoms. The van der Waals surface area contributed by atoms with E-state index < -0.39 is 12.4 Å². The van der Waals surface area contributed by atoms with Crippen molar-refractivity contribution in [2.45, 2.75) is 13.0 Å². The van der Waals surface area contributed by atoms with Crippen LogP contribution >= 0.6 is 0 Å². The van der Waals surface area contributed by atoms with Gasteiger partial charge in [0.05, 0.1) is 0 Å². The maximum Gasteiger partial charge on any atom is 0.354 e. The van der Waals surface area contributed by atoms with Crippen LogP contribution in [0.25, 0.3) is 0 Å². The summed E-state index contributed by atoms with van der Waals surface area (Å²) in [6.07, 6.45) is -1.85. The Morgan fingerprint density at radius 3 is 2.71 bits per heavy atom. The van der Waals surface area contributed by atoms with Crippen molar-refractivity contribution in [3.05, 3.63) is 29.1 Å². The molecular formula is C8H8F2N2O2. The Kier molecular flexibility index (Phi) is 3.08. The number of nitrogens with two attached hydrogens (primary N) is 1. The van der Waals surface area contributed by atoms with Gasteiger partial charge in [-0.1, -0.05) is 0 Å². The number of rotatable bonds is 3. The molecule has 1 heterocycles. The van der Waals surface area contributed by atoms with Crippen LogP contribution in [0.5, 0.6) is 0 Å². The number of pyridine rings is 1. The number of halogens is 2. The number of alkyl halides is 2. The zero-order valence-corrected chi connectivity index (χ0v) is 7.08. The van der Waals surface area contributed by atoms with Crippen molar-refractivity contribution in [3.63, 3.8) is 0 Å². The maximum atomic E-state index is 12.3. The lowest BCUT2D eigenvalue weighted by atomic mass is 10.1. The summed E-state index contributed by atoms with van der Waals surface area (Å²) in [4.78, 5) is 13.8. The van der Waals surface area contributed by atoms with Crippen LogP contribution in [0.2, 0.25) is 0 Å². The third-order valence-electron chi connectivity index (χ3n) is 1.70. The van der Waals surface area contributed by atoms with Gasteiger partial charge in [-0.3, -0.25) is 0 Å². The average Bonchev–Trinajstić information content (AvgIpc) is 2.16. The second kappa shape index (κ2) is 4.10. The lowest BCUT2D eigenvalue weighted by Gasteiger charge is -2.06. The Labute approximate surface area is 78.4 Å². The molecule has 6 heteroatoms. The van der Waals surface area contributed by atoms with Gasteiger partial charge in [0.1, 0.15) is 5.69 Å². The fourth-order valence-corrected chi connectivity index (χ4v) is 0.998. The smallest absolute Gasteiger partial charge is 0.354 e. The standard InChI is InChI=1S/C8H8F2N2O2/c9-7(10)5-3-12-6(8(13)14)1-4(5)2-11/h1,3,7H,2,11H2,(H,13,14). The fraction of sp³-hybridized carbons (Fsp3) is 0.250. The predicted molar refractivity (Wildman–Crippen MR) is 44.0 cm³/mol. The van der Waals surface area contributed by atoms with Gasteiger partial charge in [-0.15, -0.1) is 0 Å². The number of hydrogen-bond donors (Lipinski definition) is 2. The molecule has 0 saturated carbocycles. The molecular weight excluding hydrogens is 194 g/mol. The van der Waals surface area contributed by atoms with Crippen LogP contribution in [0.1, 0.15) is 28.0 Å². The largest absolute Gasteiger partial charge is 0.477 e. The molecule has 0 atom stereocenters. The minimum absolute atomic E-state index is 0.104. The van der Waals surface area contributed by atoms with E-state index in [0.717, 1.165) is 12.3 Å². The second-order valence-corrected chi connectivity index (χ2v) is 2.58. The topological polar surface area (TPSA) is 76.2 Å². The van der Waals surface area contributed by atoms with Crippen LogP contribution in [-0.4, -0.2) is 16.1 Å². The van der Waals surface area contributed by atoms with Crippen molar-refractivity contribution in [2.24, 2.45) is 5.73 Å². The van der Waals surface area contributed by atoms with Crippen LogP contribution in [0.3, 0.4) is 0 Å². The van der Waals surface area contributed by atoms with E-state index in [4.69, 9.17) is 10.8 Å². The molecule has 3 N–H and O–H groups in total. The molecule has 0 aromatic carbocycles. The molecule has 0 bridgehead atoms. The van der Waals surface area contributed by atoms with Gasteiger partial charge in [0.25, 0.3) is 6.43 Å². The number of nitrogens with zero attached hydrogens (tertiary/aromatic N) is 1. The Morgan fingerprint density at radius 2 is 2.29 bits per heavy atom. The van der Waals surface area contributed by atoms with Crippen molar-refractivity contribution in [3.8, 4) is 0 Å². The molecule has 0 radical (unpaired) electrons. The molecule has 1 aromatic rings. The Hall–Kier alpha value is -1.56. The summed E-state index contributed by atoms with van der Waals surface area (Å²) in [6.45, 7) is -0.136.